The number of nitrogens with one attached hydrogen (secondary N) is 2. The van der Waals surface area contributed by atoms with Gasteiger partial charge in [-0.2, -0.15) is 0 Å². The van der Waals surface area contributed by atoms with Gasteiger partial charge in [0.15, 0.2) is 5.78 Å². The van der Waals surface area contributed by atoms with Gasteiger partial charge in [0.1, 0.15) is 29.5 Å². The van der Waals surface area contributed by atoms with Gasteiger partial charge in [0, 0.05) is 35.9 Å². The fourth-order valence-corrected chi connectivity index (χ4v) is 8.82. The Hall–Kier alpha value is -5.77. The highest BCUT2D eigenvalue weighted by molar-refractivity contribution is 7.91. The van der Waals surface area contributed by atoms with Gasteiger partial charge in [0.25, 0.3) is 5.91 Å². The average Bonchev–Trinajstić information content (AvgIpc) is 4.11. The van der Waals surface area contributed by atoms with E-state index in [-0.39, 0.29) is 43.9 Å². The second-order valence-electron chi connectivity index (χ2n) is 16.0. The van der Waals surface area contributed by atoms with Crippen LogP contribution >= 0.6 is 0 Å². The van der Waals surface area contributed by atoms with Crippen LogP contribution in [0.15, 0.2) is 79.5 Å². The second kappa shape index (κ2) is 16.6. The van der Waals surface area contributed by atoms with Crippen molar-refractivity contribution in [1.82, 2.24) is 24.8 Å². The van der Waals surface area contributed by atoms with Gasteiger partial charge >= 0.3 is 6.09 Å². The lowest BCUT2D eigenvalue weighted by molar-refractivity contribution is -0.144. The Balaban J connectivity index is 1.32. The lowest BCUT2D eigenvalue weighted by Gasteiger charge is -2.41. The normalized spacial score (nSPS) is 22.2. The first-order chi connectivity index (χ1) is 27.5. The first kappa shape index (κ1) is 41.9. The molecule has 58 heavy (non-hydrogen) atoms. The van der Waals surface area contributed by atoms with Crippen molar-refractivity contribution in [3.8, 4) is 11.6 Å². The number of nitrogens with zero attached hydrogens (tertiary/aromatic N) is 3. The summed E-state index contributed by atoms with van der Waals surface area (Å²) in [5.41, 5.74) is -1.97. The Kier molecular flexibility index (Phi) is 12.0. The van der Waals surface area contributed by atoms with Gasteiger partial charge in [-0.1, -0.05) is 42.5 Å². The standard InChI is InChI=1S/C42H49N5O10S/c1-6-28-24-42(28,39(51)45-58(54,55)32-16-17-32)44-36(49)35-23-31(57-37-33-18-15-30(56-5)22-27(33)20-21-43-37)25-46(35)38(50)34(47(40(52)53)41(2,3)4)19-14-29(48)13-12-26-10-8-7-9-11-26/h6-13,15,18,20-22,28,31-32,34-35H,1,14,16-17,19,23-25H2,2-5H3,(H,44,49)(H,45,51)(H,52,53)/b13-12+/t28-,31-,34+,35+,42-/m1/s1. The predicted octanol–water partition coefficient (Wildman–Crippen LogP) is 4.47. The molecule has 5 atom stereocenters. The third-order valence-corrected chi connectivity index (χ3v) is 12.6. The summed E-state index contributed by atoms with van der Waals surface area (Å²) in [5.74, 6) is -2.51. The van der Waals surface area contributed by atoms with Crippen molar-refractivity contribution in [3.63, 3.8) is 0 Å². The summed E-state index contributed by atoms with van der Waals surface area (Å²) < 4.78 is 39.4. The number of amides is 4. The van der Waals surface area contributed by atoms with Gasteiger partial charge in [0.05, 0.1) is 18.9 Å². The number of aromatic nitrogens is 1. The zero-order valence-corrected chi connectivity index (χ0v) is 33.7. The largest absolute Gasteiger partial charge is 0.497 e. The van der Waals surface area contributed by atoms with E-state index < -0.39 is 74.3 Å². The number of fused-ring (bicyclic) bond motifs is 1. The van der Waals surface area contributed by atoms with Gasteiger partial charge in [-0.25, -0.2) is 18.2 Å². The molecule has 2 heterocycles. The van der Waals surface area contributed by atoms with Gasteiger partial charge in [-0.15, -0.1) is 6.58 Å². The van der Waals surface area contributed by atoms with E-state index in [0.717, 1.165) is 15.8 Å². The monoisotopic (exact) mass is 815 g/mol. The maximum absolute atomic E-state index is 14.9. The number of ether oxygens (including phenoxy) is 2. The van der Waals surface area contributed by atoms with E-state index in [9.17, 15) is 37.5 Å². The van der Waals surface area contributed by atoms with Crippen LogP contribution in [0.3, 0.4) is 0 Å². The molecular weight excluding hydrogens is 767 g/mol. The molecule has 3 aliphatic rings. The summed E-state index contributed by atoms with van der Waals surface area (Å²) in [4.78, 5) is 75.6. The molecule has 4 amide bonds. The maximum Gasteiger partial charge on any atom is 0.408 e. The number of rotatable bonds is 16. The Morgan fingerprint density at radius 3 is 2.45 bits per heavy atom. The number of pyridine rings is 1. The number of allylic oxidation sites excluding steroid dienone is 1. The van der Waals surface area contributed by atoms with Crippen molar-refractivity contribution < 1.29 is 47.0 Å². The quantitative estimate of drug-likeness (QED) is 0.136. The average molecular weight is 816 g/mol. The molecule has 3 fully saturated rings. The van der Waals surface area contributed by atoms with Gasteiger partial charge < -0.3 is 24.8 Å². The van der Waals surface area contributed by atoms with Crippen LogP contribution in [0.1, 0.15) is 64.9 Å². The van der Waals surface area contributed by atoms with Gasteiger partial charge in [-0.3, -0.25) is 28.8 Å². The molecule has 0 radical (unpaired) electrons. The summed E-state index contributed by atoms with van der Waals surface area (Å²) >= 11 is 0. The highest BCUT2D eigenvalue weighted by Gasteiger charge is 2.62. The van der Waals surface area contributed by atoms with Crippen LogP contribution in [0.5, 0.6) is 11.6 Å². The maximum atomic E-state index is 14.9. The van der Waals surface area contributed by atoms with Crippen LogP contribution in [-0.4, -0.2) is 106 Å². The van der Waals surface area contributed by atoms with E-state index in [1.807, 2.05) is 30.3 Å². The molecule has 2 aromatic carbocycles. The zero-order valence-electron chi connectivity index (χ0n) is 32.9. The summed E-state index contributed by atoms with van der Waals surface area (Å²) in [7, 11) is -2.42. The highest BCUT2D eigenvalue weighted by Crippen LogP contribution is 2.45. The summed E-state index contributed by atoms with van der Waals surface area (Å²) in [5, 5.41) is 14.0. The molecule has 2 saturated carbocycles. The minimum absolute atomic E-state index is 0.0797. The number of sulfonamides is 1. The molecule has 2 aliphatic carbocycles. The van der Waals surface area contributed by atoms with E-state index in [1.54, 1.807) is 64.4 Å². The zero-order chi connectivity index (χ0) is 42.0. The first-order valence-corrected chi connectivity index (χ1v) is 20.7. The van der Waals surface area contributed by atoms with Crippen LogP contribution in [0.4, 0.5) is 4.79 Å². The number of hydrogen-bond acceptors (Lipinski definition) is 10. The third-order valence-electron chi connectivity index (χ3n) is 10.8. The minimum atomic E-state index is -3.96. The van der Waals surface area contributed by atoms with Crippen LogP contribution in [0.25, 0.3) is 16.8 Å². The van der Waals surface area contributed by atoms with Crippen LogP contribution in [-0.2, 0) is 29.2 Å². The number of carbonyl (C=O) groups excluding carboxylic acids is 4. The van der Waals surface area contributed by atoms with Crippen LogP contribution < -0.4 is 19.5 Å². The number of benzene rings is 2. The number of carboxylic acid groups (broad SMARTS) is 1. The molecule has 0 unspecified atom stereocenters. The van der Waals surface area contributed by atoms with Gasteiger partial charge in [-0.05, 0) is 87.7 Å². The number of methoxy groups -OCH3 is 1. The number of likely N-dealkylation sites (tertiary alicyclic amines) is 1. The minimum Gasteiger partial charge on any atom is -0.497 e. The van der Waals surface area contributed by atoms with Crippen molar-refractivity contribution >= 4 is 56.5 Å². The number of ketones is 1. The topological polar surface area (TPSA) is 202 Å². The van der Waals surface area contributed by atoms with Crippen LogP contribution in [0.2, 0.25) is 0 Å². The molecule has 16 heteroatoms. The van der Waals surface area contributed by atoms with Crippen molar-refractivity contribution in [2.45, 2.75) is 93.8 Å². The summed E-state index contributed by atoms with van der Waals surface area (Å²) in [6.45, 7) is 8.46. The fraction of sp³-hybridized carbons (Fsp3) is 0.429. The first-order valence-electron chi connectivity index (χ1n) is 19.2. The lowest BCUT2D eigenvalue weighted by Crippen LogP contribution is -2.61. The molecule has 15 nitrogen and oxygen atoms in total. The Morgan fingerprint density at radius 1 is 1.10 bits per heavy atom. The van der Waals surface area contributed by atoms with E-state index in [4.69, 9.17) is 9.47 Å². The summed E-state index contributed by atoms with van der Waals surface area (Å²) in [6, 6.07) is 13.5. The van der Waals surface area contributed by atoms with E-state index in [1.165, 1.54) is 17.1 Å². The molecule has 3 N–H and O–H groups in total. The molecule has 0 spiro atoms. The smallest absolute Gasteiger partial charge is 0.408 e. The molecule has 308 valence electrons. The predicted molar refractivity (Wildman–Crippen MR) is 215 cm³/mol. The lowest BCUT2D eigenvalue weighted by atomic mass is 9.98. The van der Waals surface area contributed by atoms with Crippen molar-refractivity contribution in [2.24, 2.45) is 5.92 Å². The molecule has 1 aliphatic heterocycles. The molecule has 3 aromatic rings. The number of hydrogen-bond donors (Lipinski definition) is 3. The third kappa shape index (κ3) is 9.17. The van der Waals surface area contributed by atoms with Crippen molar-refractivity contribution in [2.75, 3.05) is 13.7 Å². The molecule has 6 rings (SSSR count). The van der Waals surface area contributed by atoms with Crippen molar-refractivity contribution in [1.29, 1.82) is 0 Å². The van der Waals surface area contributed by atoms with E-state index in [2.05, 4.69) is 21.6 Å². The van der Waals surface area contributed by atoms with Gasteiger partial charge in [0.2, 0.25) is 27.7 Å². The SMILES string of the molecule is C=C[C@@H]1C[C@]1(NC(=O)[C@@H]1C[C@@H](Oc2nccc3cc(OC)ccc23)CN1C(=O)[C@H](CCC(=O)/C=C/c1ccccc1)N(C(=O)O)C(C)(C)C)C(=O)NS(=O)(=O)C1CC1. The second-order valence-corrected chi connectivity index (χ2v) is 17.9. The van der Waals surface area contributed by atoms with E-state index >= 15 is 0 Å². The molecule has 1 saturated heterocycles. The molecule has 1 aromatic heterocycles. The Morgan fingerprint density at radius 2 is 1.83 bits per heavy atom. The van der Waals surface area contributed by atoms with E-state index in [0.29, 0.717) is 24.0 Å². The Bertz CT molecular complexity index is 2240. The number of carbonyl (C=O) groups is 5. The molecular formula is C42H49N5O10S. The fourth-order valence-electron chi connectivity index (χ4n) is 7.46. The Labute approximate surface area is 337 Å². The van der Waals surface area contributed by atoms with Crippen LogP contribution in [0, 0.1) is 5.92 Å². The summed E-state index contributed by atoms with van der Waals surface area (Å²) in [6.07, 6.45) is 4.23. The highest BCUT2D eigenvalue weighted by atomic mass is 32.2. The molecule has 0 bridgehead atoms. The van der Waals surface area contributed by atoms with Crippen molar-refractivity contribution in [3.05, 3.63) is 85.1 Å².